The lowest BCUT2D eigenvalue weighted by Crippen LogP contribution is -2.34. The van der Waals surface area contributed by atoms with Crippen molar-refractivity contribution in [1.82, 2.24) is 10.1 Å². The van der Waals surface area contributed by atoms with Crippen molar-refractivity contribution in [3.8, 4) is 11.3 Å². The van der Waals surface area contributed by atoms with Gasteiger partial charge in [-0.15, -0.1) is 0 Å². The lowest BCUT2D eigenvalue weighted by atomic mass is 10.1. The lowest BCUT2D eigenvalue weighted by molar-refractivity contribution is -0.136. The van der Waals surface area contributed by atoms with Gasteiger partial charge < -0.3 is 18.7 Å². The Labute approximate surface area is 172 Å². The van der Waals surface area contributed by atoms with Crippen LogP contribution in [0.15, 0.2) is 57.7 Å². The average Bonchev–Trinajstić information content (AvgIpc) is 3.36. The van der Waals surface area contributed by atoms with E-state index in [0.717, 1.165) is 22.6 Å². The van der Waals surface area contributed by atoms with Crippen molar-refractivity contribution in [2.24, 2.45) is 5.92 Å². The first-order valence-corrected chi connectivity index (χ1v) is 9.96. The molecule has 0 saturated heterocycles. The molecule has 0 spiro atoms. The van der Waals surface area contributed by atoms with Crippen molar-refractivity contribution in [2.45, 2.75) is 46.8 Å². The Bertz CT molecular complexity index is 914. The number of carbonyl (C=O) groups excluding carboxylic acids is 1. The van der Waals surface area contributed by atoms with Crippen molar-refractivity contribution >= 4 is 11.8 Å². The van der Waals surface area contributed by atoms with E-state index in [4.69, 9.17) is 8.94 Å². The summed E-state index contributed by atoms with van der Waals surface area (Å²) in [5.41, 5.74) is 2.62. The van der Waals surface area contributed by atoms with Crippen molar-refractivity contribution in [1.29, 1.82) is 0 Å². The van der Waals surface area contributed by atoms with E-state index in [2.05, 4.69) is 19.0 Å². The van der Waals surface area contributed by atoms with Crippen molar-refractivity contribution in [2.75, 3.05) is 11.9 Å². The van der Waals surface area contributed by atoms with Gasteiger partial charge in [0.2, 0.25) is 11.8 Å². The van der Waals surface area contributed by atoms with Gasteiger partial charge in [0.25, 0.3) is 0 Å². The Balaban J connectivity index is 2.03. The predicted octanol–water partition coefficient (Wildman–Crippen LogP) is 4.96. The zero-order valence-corrected chi connectivity index (χ0v) is 17.8. The van der Waals surface area contributed by atoms with Crippen LogP contribution in [-0.4, -0.2) is 29.1 Å². The summed E-state index contributed by atoms with van der Waals surface area (Å²) in [5.74, 6) is 1.35. The second kappa shape index (κ2) is 8.99. The first-order valence-electron chi connectivity index (χ1n) is 9.96. The molecule has 1 amide bonds. The Morgan fingerprint density at radius 2 is 1.76 bits per heavy atom. The van der Waals surface area contributed by atoms with Crippen LogP contribution in [0.2, 0.25) is 0 Å². The molecule has 2 heterocycles. The van der Waals surface area contributed by atoms with Gasteiger partial charge in [-0.25, -0.2) is 0 Å². The summed E-state index contributed by atoms with van der Waals surface area (Å²) < 4.78 is 11.3. The van der Waals surface area contributed by atoms with E-state index in [-0.39, 0.29) is 17.9 Å². The molecule has 0 unspecified atom stereocenters. The van der Waals surface area contributed by atoms with Crippen molar-refractivity contribution in [3.05, 3.63) is 60.1 Å². The van der Waals surface area contributed by atoms with E-state index in [1.807, 2.05) is 68.3 Å². The molecule has 154 valence electrons. The number of carbonyl (C=O) groups is 1. The van der Waals surface area contributed by atoms with E-state index in [1.165, 1.54) is 0 Å². The monoisotopic (exact) mass is 395 g/mol. The maximum absolute atomic E-state index is 13.0. The minimum Gasteiger partial charge on any atom is -0.467 e. The SMILES string of the molecule is CC(C)C(=O)N(Cc1ccco1)Cc1c(-c2ccccc2)noc1N(C)C(C)C. The minimum atomic E-state index is -0.128. The van der Waals surface area contributed by atoms with E-state index < -0.39 is 0 Å². The molecule has 0 fully saturated rings. The topological polar surface area (TPSA) is 62.7 Å². The average molecular weight is 396 g/mol. The molecule has 3 rings (SSSR count). The largest absolute Gasteiger partial charge is 0.467 e. The molecule has 0 aliphatic heterocycles. The molecule has 0 saturated carbocycles. The molecule has 1 aromatic carbocycles. The quantitative estimate of drug-likeness (QED) is 0.539. The molecule has 0 atom stereocenters. The standard InChI is InChI=1S/C23H29N3O3/c1-16(2)22(27)26(14-19-12-9-13-28-19)15-20-21(18-10-7-6-8-11-18)24-29-23(20)25(5)17(3)4/h6-13,16-17H,14-15H2,1-5H3. The van der Waals surface area contributed by atoms with Gasteiger partial charge in [0.05, 0.1) is 24.9 Å². The fraction of sp³-hybridized carbons (Fsp3) is 0.391. The van der Waals surface area contributed by atoms with Crippen LogP contribution in [0.3, 0.4) is 0 Å². The predicted molar refractivity (Wildman–Crippen MR) is 113 cm³/mol. The van der Waals surface area contributed by atoms with Crippen LogP contribution in [0.25, 0.3) is 11.3 Å². The smallest absolute Gasteiger partial charge is 0.232 e. The molecule has 0 aliphatic carbocycles. The fourth-order valence-electron chi connectivity index (χ4n) is 3.14. The van der Waals surface area contributed by atoms with Crippen LogP contribution >= 0.6 is 0 Å². The lowest BCUT2D eigenvalue weighted by Gasteiger charge is -2.26. The minimum absolute atomic E-state index is 0.0553. The van der Waals surface area contributed by atoms with Crippen molar-refractivity contribution in [3.63, 3.8) is 0 Å². The molecule has 6 nitrogen and oxygen atoms in total. The highest BCUT2D eigenvalue weighted by atomic mass is 16.5. The van der Waals surface area contributed by atoms with Crippen molar-refractivity contribution < 1.29 is 13.7 Å². The first-order chi connectivity index (χ1) is 13.9. The van der Waals surface area contributed by atoms with Gasteiger partial charge in [-0.05, 0) is 26.0 Å². The Morgan fingerprint density at radius 3 is 2.34 bits per heavy atom. The third-order valence-electron chi connectivity index (χ3n) is 4.99. The number of hydrogen-bond acceptors (Lipinski definition) is 5. The number of aromatic nitrogens is 1. The summed E-state index contributed by atoms with van der Waals surface area (Å²) in [4.78, 5) is 16.8. The number of rotatable bonds is 8. The van der Waals surface area contributed by atoms with Crippen LogP contribution in [0, 0.1) is 5.92 Å². The van der Waals surface area contributed by atoms with Crippen LogP contribution in [0.4, 0.5) is 5.88 Å². The van der Waals surface area contributed by atoms with Gasteiger partial charge in [-0.2, -0.15) is 0 Å². The third kappa shape index (κ3) is 4.70. The van der Waals surface area contributed by atoms with Gasteiger partial charge in [-0.3, -0.25) is 4.79 Å². The number of furan rings is 1. The second-order valence-corrected chi connectivity index (χ2v) is 7.81. The van der Waals surface area contributed by atoms with E-state index in [9.17, 15) is 4.79 Å². The van der Waals surface area contributed by atoms with E-state index >= 15 is 0 Å². The maximum Gasteiger partial charge on any atom is 0.232 e. The summed E-state index contributed by atoms with van der Waals surface area (Å²) in [6, 6.07) is 13.9. The van der Waals surface area contributed by atoms with Gasteiger partial charge in [-0.1, -0.05) is 49.3 Å². The summed E-state index contributed by atoms with van der Waals surface area (Å²) in [7, 11) is 1.98. The molecule has 0 aliphatic rings. The molecular weight excluding hydrogens is 366 g/mol. The molecule has 0 radical (unpaired) electrons. The Kier molecular flexibility index (Phi) is 6.42. The highest BCUT2D eigenvalue weighted by Gasteiger charge is 2.27. The first kappa shape index (κ1) is 20.7. The Hall–Kier alpha value is -3.02. The zero-order valence-electron chi connectivity index (χ0n) is 17.8. The highest BCUT2D eigenvalue weighted by molar-refractivity contribution is 5.79. The molecule has 3 aromatic rings. The number of amides is 1. The molecule has 0 bridgehead atoms. The van der Waals surface area contributed by atoms with Crippen LogP contribution in [0.5, 0.6) is 0 Å². The summed E-state index contributed by atoms with van der Waals surface area (Å²) in [6.45, 7) is 8.78. The third-order valence-corrected chi connectivity index (χ3v) is 4.99. The van der Waals surface area contributed by atoms with Gasteiger partial charge in [0.1, 0.15) is 11.5 Å². The molecule has 6 heteroatoms. The number of hydrogen-bond donors (Lipinski definition) is 0. The van der Waals surface area contributed by atoms with Gasteiger partial charge in [0, 0.05) is 24.6 Å². The molecule has 2 aromatic heterocycles. The molecule has 29 heavy (non-hydrogen) atoms. The van der Waals surface area contributed by atoms with E-state index in [0.29, 0.717) is 19.0 Å². The summed E-state index contributed by atoms with van der Waals surface area (Å²) >= 11 is 0. The summed E-state index contributed by atoms with van der Waals surface area (Å²) in [5, 5.41) is 4.37. The highest BCUT2D eigenvalue weighted by Crippen LogP contribution is 2.33. The molecule has 0 N–H and O–H groups in total. The van der Waals surface area contributed by atoms with E-state index in [1.54, 1.807) is 11.2 Å². The maximum atomic E-state index is 13.0. The zero-order chi connectivity index (χ0) is 21.0. The van der Waals surface area contributed by atoms with Crippen LogP contribution < -0.4 is 4.90 Å². The van der Waals surface area contributed by atoms with Gasteiger partial charge >= 0.3 is 0 Å². The number of nitrogens with zero attached hydrogens (tertiary/aromatic N) is 3. The summed E-state index contributed by atoms with van der Waals surface area (Å²) in [6.07, 6.45) is 1.63. The van der Waals surface area contributed by atoms with Gasteiger partial charge in [0.15, 0.2) is 0 Å². The Morgan fingerprint density at radius 1 is 1.03 bits per heavy atom. The molecular formula is C23H29N3O3. The normalized spacial score (nSPS) is 11.3. The van der Waals surface area contributed by atoms with Crippen LogP contribution in [0.1, 0.15) is 39.0 Å². The number of anilines is 1. The van der Waals surface area contributed by atoms with Crippen LogP contribution in [-0.2, 0) is 17.9 Å². The second-order valence-electron chi connectivity index (χ2n) is 7.81. The number of benzene rings is 1. The fourth-order valence-corrected chi connectivity index (χ4v) is 3.14.